The van der Waals surface area contributed by atoms with E-state index in [2.05, 4.69) is 4.90 Å². The highest BCUT2D eigenvalue weighted by Gasteiger charge is 2.38. The zero-order chi connectivity index (χ0) is 35.6. The van der Waals surface area contributed by atoms with Crippen molar-refractivity contribution < 1.29 is 37.1 Å². The number of rotatable bonds is 9. The van der Waals surface area contributed by atoms with E-state index < -0.39 is 12.1 Å². The molecule has 0 spiro atoms. The molecule has 264 valence electrons. The SMILES string of the molecule is O=C(O)C(F)(F)F.O=C(c1ccccc1)N1CCC(C(=O)N(CCCN2CCC(Cc3ccc(F)cc3)CC2)c2ccc(Cl)c(Cl)c2)CC1. The van der Waals surface area contributed by atoms with E-state index in [0.29, 0.717) is 54.0 Å². The average molecular weight is 725 g/mol. The number of nitrogens with zero attached hydrogens (tertiary/aromatic N) is 3. The van der Waals surface area contributed by atoms with Crippen LogP contribution in [0.15, 0.2) is 72.8 Å². The van der Waals surface area contributed by atoms with Gasteiger partial charge >= 0.3 is 12.1 Å². The highest BCUT2D eigenvalue weighted by molar-refractivity contribution is 6.42. The Balaban J connectivity index is 0.000000698. The van der Waals surface area contributed by atoms with Gasteiger partial charge in [0.15, 0.2) is 0 Å². The Bertz CT molecular complexity index is 1540. The minimum Gasteiger partial charge on any atom is -0.475 e. The smallest absolute Gasteiger partial charge is 0.475 e. The minimum atomic E-state index is -5.08. The third-order valence-electron chi connectivity index (χ3n) is 8.88. The third kappa shape index (κ3) is 11.4. The number of hydrogen-bond donors (Lipinski definition) is 1. The van der Waals surface area contributed by atoms with Gasteiger partial charge in [0.2, 0.25) is 5.91 Å². The van der Waals surface area contributed by atoms with Crippen molar-refractivity contribution in [3.63, 3.8) is 0 Å². The quantitative estimate of drug-likeness (QED) is 0.227. The minimum absolute atomic E-state index is 0.0178. The number of hydrogen-bond acceptors (Lipinski definition) is 4. The molecule has 2 amide bonds. The molecular formula is C36H39Cl2F4N3O4. The highest BCUT2D eigenvalue weighted by atomic mass is 35.5. The van der Waals surface area contributed by atoms with Crippen LogP contribution in [0.5, 0.6) is 0 Å². The lowest BCUT2D eigenvalue weighted by Crippen LogP contribution is -2.45. The van der Waals surface area contributed by atoms with Gasteiger partial charge in [-0.05, 0) is 112 Å². The maximum Gasteiger partial charge on any atom is 0.490 e. The molecule has 0 bridgehead atoms. The van der Waals surface area contributed by atoms with E-state index in [0.717, 1.165) is 51.0 Å². The molecule has 0 aromatic heterocycles. The van der Waals surface area contributed by atoms with Crippen molar-refractivity contribution in [3.05, 3.63) is 99.8 Å². The number of carbonyl (C=O) groups excluding carboxylic acids is 2. The van der Waals surface area contributed by atoms with Crippen molar-refractivity contribution in [1.29, 1.82) is 0 Å². The number of anilines is 1. The van der Waals surface area contributed by atoms with E-state index in [4.69, 9.17) is 33.1 Å². The van der Waals surface area contributed by atoms with Crippen molar-refractivity contribution in [2.75, 3.05) is 44.2 Å². The standard InChI is InChI=1S/C34H38Cl2FN3O2.C2HF3O2/c35-31-12-11-30(24-32(31)36)40(34(42)28-15-21-39(22-16-28)33(41)27-5-2-1-3-6-27)18-4-17-38-19-13-26(14-20-38)23-25-7-9-29(37)10-8-25;3-2(4,5)1(6)7/h1-3,5-12,24,26,28H,4,13-23H2;(H,6,7). The second-order valence-electron chi connectivity index (χ2n) is 12.3. The molecule has 2 aliphatic rings. The molecule has 0 unspecified atom stereocenters. The predicted molar refractivity (Wildman–Crippen MR) is 181 cm³/mol. The second-order valence-corrected chi connectivity index (χ2v) is 13.1. The molecule has 0 saturated carbocycles. The summed E-state index contributed by atoms with van der Waals surface area (Å²) in [5, 5.41) is 8.02. The average Bonchev–Trinajstić information content (AvgIpc) is 3.09. The number of carboxylic acids is 1. The summed E-state index contributed by atoms with van der Waals surface area (Å²) in [6.07, 6.45) is 0.261. The molecule has 13 heteroatoms. The summed E-state index contributed by atoms with van der Waals surface area (Å²) in [5.41, 5.74) is 2.63. The Morgan fingerprint density at radius 1 is 0.837 bits per heavy atom. The van der Waals surface area contributed by atoms with Crippen molar-refractivity contribution in [3.8, 4) is 0 Å². The number of likely N-dealkylation sites (tertiary alicyclic amines) is 2. The lowest BCUT2D eigenvalue weighted by molar-refractivity contribution is -0.192. The molecule has 49 heavy (non-hydrogen) atoms. The molecule has 3 aromatic rings. The van der Waals surface area contributed by atoms with Crippen LogP contribution in [-0.4, -0.2) is 78.1 Å². The first-order chi connectivity index (χ1) is 23.3. The molecule has 0 radical (unpaired) electrons. The normalized spacial score (nSPS) is 16.1. The number of halogens is 6. The molecule has 5 rings (SSSR count). The molecule has 7 nitrogen and oxygen atoms in total. The van der Waals surface area contributed by atoms with Crippen LogP contribution in [0.2, 0.25) is 10.0 Å². The van der Waals surface area contributed by atoms with Gasteiger partial charge < -0.3 is 19.8 Å². The van der Waals surface area contributed by atoms with Gasteiger partial charge in [0, 0.05) is 36.8 Å². The maximum atomic E-state index is 13.9. The molecular weight excluding hydrogens is 685 g/mol. The van der Waals surface area contributed by atoms with Gasteiger partial charge in [-0.1, -0.05) is 53.5 Å². The van der Waals surface area contributed by atoms with Gasteiger partial charge in [-0.25, -0.2) is 9.18 Å². The molecule has 0 aliphatic carbocycles. The first kappa shape index (κ1) is 38.1. The maximum absolute atomic E-state index is 13.9. The van der Waals surface area contributed by atoms with Crippen LogP contribution in [0, 0.1) is 17.7 Å². The Morgan fingerprint density at radius 3 is 2.02 bits per heavy atom. The largest absolute Gasteiger partial charge is 0.490 e. The first-order valence-electron chi connectivity index (χ1n) is 16.2. The van der Waals surface area contributed by atoms with Crippen LogP contribution in [0.3, 0.4) is 0 Å². The predicted octanol–water partition coefficient (Wildman–Crippen LogP) is 8.00. The molecule has 3 aromatic carbocycles. The first-order valence-corrected chi connectivity index (χ1v) is 16.9. The van der Waals surface area contributed by atoms with Crippen molar-refractivity contribution in [1.82, 2.24) is 9.80 Å². The Labute approximate surface area is 293 Å². The lowest BCUT2D eigenvalue weighted by Gasteiger charge is -2.35. The monoisotopic (exact) mass is 723 g/mol. The van der Waals surface area contributed by atoms with Gasteiger partial charge in [0.1, 0.15) is 5.82 Å². The van der Waals surface area contributed by atoms with Crippen molar-refractivity contribution >= 4 is 46.7 Å². The zero-order valence-corrected chi connectivity index (χ0v) is 28.4. The van der Waals surface area contributed by atoms with E-state index in [9.17, 15) is 27.2 Å². The molecule has 2 saturated heterocycles. The number of benzene rings is 3. The number of alkyl halides is 3. The summed E-state index contributed by atoms with van der Waals surface area (Å²) < 4.78 is 45.0. The topological polar surface area (TPSA) is 81.2 Å². The summed E-state index contributed by atoms with van der Waals surface area (Å²) in [5.74, 6) is -2.39. The van der Waals surface area contributed by atoms with Crippen LogP contribution in [0.1, 0.15) is 48.0 Å². The van der Waals surface area contributed by atoms with E-state index in [1.165, 1.54) is 5.56 Å². The fraction of sp³-hybridized carbons (Fsp3) is 0.417. The van der Waals surface area contributed by atoms with E-state index in [1.54, 1.807) is 24.3 Å². The van der Waals surface area contributed by atoms with E-state index in [-0.39, 0.29) is 23.5 Å². The number of aliphatic carboxylic acids is 1. The number of amides is 2. The number of piperidine rings is 2. The van der Waals surface area contributed by atoms with Crippen molar-refractivity contribution in [2.45, 2.75) is 44.7 Å². The lowest BCUT2D eigenvalue weighted by atomic mass is 9.90. The van der Waals surface area contributed by atoms with Gasteiger partial charge in [-0.15, -0.1) is 0 Å². The fourth-order valence-corrected chi connectivity index (χ4v) is 6.45. The molecule has 2 heterocycles. The fourth-order valence-electron chi connectivity index (χ4n) is 6.15. The van der Waals surface area contributed by atoms with Crippen LogP contribution >= 0.6 is 23.2 Å². The third-order valence-corrected chi connectivity index (χ3v) is 9.62. The summed E-state index contributed by atoms with van der Waals surface area (Å²) in [4.78, 5) is 41.9. The molecule has 2 fully saturated rings. The number of carbonyl (C=O) groups is 3. The summed E-state index contributed by atoms with van der Waals surface area (Å²) in [6, 6.07) is 21.5. The Hall–Kier alpha value is -3.67. The van der Waals surface area contributed by atoms with Crippen molar-refractivity contribution in [2.24, 2.45) is 11.8 Å². The van der Waals surface area contributed by atoms with Gasteiger partial charge in [0.25, 0.3) is 5.91 Å². The summed E-state index contributed by atoms with van der Waals surface area (Å²) in [7, 11) is 0. The van der Waals surface area contributed by atoms with Gasteiger partial charge in [-0.3, -0.25) is 9.59 Å². The zero-order valence-electron chi connectivity index (χ0n) is 26.8. The summed E-state index contributed by atoms with van der Waals surface area (Å²) >= 11 is 12.5. The number of carboxylic acid groups (broad SMARTS) is 1. The highest BCUT2D eigenvalue weighted by Crippen LogP contribution is 2.30. The summed E-state index contributed by atoms with van der Waals surface area (Å²) in [6.45, 7) is 4.69. The van der Waals surface area contributed by atoms with Crippen LogP contribution in [0.4, 0.5) is 23.2 Å². The van der Waals surface area contributed by atoms with Gasteiger partial charge in [-0.2, -0.15) is 13.2 Å². The van der Waals surface area contributed by atoms with E-state index in [1.807, 2.05) is 58.3 Å². The molecule has 1 N–H and O–H groups in total. The van der Waals surface area contributed by atoms with Crippen LogP contribution < -0.4 is 4.90 Å². The second kappa shape index (κ2) is 17.8. The Kier molecular flexibility index (Phi) is 13.9. The van der Waals surface area contributed by atoms with Gasteiger partial charge in [0.05, 0.1) is 10.0 Å². The Morgan fingerprint density at radius 2 is 1.45 bits per heavy atom. The van der Waals surface area contributed by atoms with Crippen LogP contribution in [-0.2, 0) is 16.0 Å². The van der Waals surface area contributed by atoms with E-state index >= 15 is 0 Å². The molecule has 2 aliphatic heterocycles. The molecule has 0 atom stereocenters. The van der Waals surface area contributed by atoms with Crippen LogP contribution in [0.25, 0.3) is 0 Å².